The predicted molar refractivity (Wildman–Crippen MR) is 304 cm³/mol. The summed E-state index contributed by atoms with van der Waals surface area (Å²) >= 11 is 0. The van der Waals surface area contributed by atoms with Crippen molar-refractivity contribution in [2.24, 2.45) is 0 Å². The molecule has 66 heavy (non-hydrogen) atoms. The quantitative estimate of drug-likeness (QED) is 0.136. The van der Waals surface area contributed by atoms with Gasteiger partial charge in [0.05, 0.1) is 141 Å². The second-order valence-corrected chi connectivity index (χ2v) is 16.0. The summed E-state index contributed by atoms with van der Waals surface area (Å²) in [6.07, 6.45) is 8.09. The van der Waals surface area contributed by atoms with Crippen molar-refractivity contribution in [1.29, 1.82) is 0 Å². The maximum absolute atomic E-state index is 5.82. The minimum absolute atomic E-state index is 0.379. The molecule has 0 atom stereocenters. The van der Waals surface area contributed by atoms with E-state index in [9.17, 15) is 0 Å². The minimum Gasteiger partial charge on any atom is -0.0638 e. The van der Waals surface area contributed by atoms with Gasteiger partial charge in [0, 0.05) is 0 Å². The molecule has 0 aliphatic heterocycles. The first-order valence-electron chi connectivity index (χ1n) is 22.7. The van der Waals surface area contributed by atoms with Crippen molar-refractivity contribution in [1.82, 2.24) is 0 Å². The van der Waals surface area contributed by atoms with Crippen LogP contribution in [0.4, 0.5) is 0 Å². The van der Waals surface area contributed by atoms with Gasteiger partial charge in [-0.25, -0.2) is 0 Å². The first-order chi connectivity index (χ1) is 31.5. The molecule has 0 unspecified atom stereocenters. The summed E-state index contributed by atoms with van der Waals surface area (Å²) in [4.78, 5) is 0. The Bertz CT molecular complexity index is 1880. The van der Waals surface area contributed by atoms with Gasteiger partial charge < -0.3 is 0 Å². The molecule has 0 nitrogen and oxygen atoms in total. The topological polar surface area (TPSA) is 0 Å². The van der Waals surface area contributed by atoms with E-state index >= 15 is 0 Å². The molecule has 0 heterocycles. The molecule has 4 aromatic rings. The lowest BCUT2D eigenvalue weighted by Crippen LogP contribution is -2.15. The molecule has 0 saturated heterocycles. The van der Waals surface area contributed by atoms with Gasteiger partial charge in [0.15, 0.2) is 0 Å². The maximum Gasteiger partial charge on any atom is 0.0716 e. The Morgan fingerprint density at radius 2 is 0.212 bits per heavy atom. The molecule has 0 spiro atoms. The Hall–Kier alpha value is -1.95. The molecule has 0 bridgehead atoms. The van der Waals surface area contributed by atoms with Gasteiger partial charge in [-0.1, -0.05) is 214 Å². The summed E-state index contributed by atoms with van der Waals surface area (Å²) in [6, 6.07) is 0. The smallest absolute Gasteiger partial charge is 0.0638 e. The van der Waals surface area contributed by atoms with Crippen LogP contribution in [0.25, 0.3) is 0 Å². The summed E-state index contributed by atoms with van der Waals surface area (Å²) in [6.45, 7) is 12.4. The highest BCUT2D eigenvalue weighted by atomic mass is 14.2. The fraction of sp³-hybridized carbons (Fsp3) is 0.500. The van der Waals surface area contributed by atoms with Crippen molar-refractivity contribution in [2.75, 3.05) is 0 Å². The Labute approximate surface area is 427 Å². The van der Waals surface area contributed by atoms with Crippen LogP contribution in [0.15, 0.2) is 0 Å². The Morgan fingerprint density at radius 1 is 0.136 bits per heavy atom. The molecular formula is C48H54B18. The molecule has 300 valence electrons. The minimum atomic E-state index is 0.379. The normalized spacial score (nSPS) is 10.6. The summed E-state index contributed by atoms with van der Waals surface area (Å²) < 4.78 is 0. The van der Waals surface area contributed by atoms with E-state index in [-0.39, 0.29) is 0 Å². The van der Waals surface area contributed by atoms with E-state index in [2.05, 4.69) is 20.8 Å². The van der Waals surface area contributed by atoms with Gasteiger partial charge >= 0.3 is 0 Å². The highest BCUT2D eigenvalue weighted by Crippen LogP contribution is 2.32. The van der Waals surface area contributed by atoms with Crippen molar-refractivity contribution in [3.63, 3.8) is 0 Å². The molecule has 0 aromatic heterocycles. The lowest BCUT2D eigenvalue weighted by Gasteiger charge is -2.25. The van der Waals surface area contributed by atoms with Gasteiger partial charge in [-0.3, -0.25) is 0 Å². The Morgan fingerprint density at radius 3 is 0.318 bits per heavy atom. The van der Waals surface area contributed by atoms with Crippen molar-refractivity contribution in [3.05, 3.63) is 134 Å². The standard InChI is InChI=1S/C12H12B6.C12H13B5.C12H14B4.C12H15B3/c13-1-7-8(2-14)10(4-16)12(6-18)11(5-17)9(7)3-15;1-7-8(2-13)10(4-15)12(6-17)11(5-16)9(7)3-14;1-7-9(3-13)11(5-15)8(2)12(6-16)10(7)4-14;1-7-10(4-13)8(2)12(6-15)9(3)11(7)5-14/h1-6H2;2-6H2,1H3;3-6H2,1-2H3;4-6H2,1-3H3. The number of hydrogen-bond donors (Lipinski definition) is 0. The zero-order valence-electron chi connectivity index (χ0n) is 41.1. The number of hydrogen-bond acceptors (Lipinski definition) is 0. The van der Waals surface area contributed by atoms with Crippen molar-refractivity contribution in [2.45, 2.75) is 155 Å². The van der Waals surface area contributed by atoms with Crippen LogP contribution in [0.1, 0.15) is 134 Å². The average molecular weight is 826 g/mol. The monoisotopic (exact) mass is 829 g/mol. The second kappa shape index (κ2) is 31.3. The molecule has 0 fully saturated rings. The van der Waals surface area contributed by atoms with Gasteiger partial charge in [-0.05, 0) is 74.9 Å². The lowest BCUT2D eigenvalue weighted by atomic mass is 9.69. The first-order valence-corrected chi connectivity index (χ1v) is 22.7. The van der Waals surface area contributed by atoms with E-state index in [1.807, 2.05) is 20.8 Å². The van der Waals surface area contributed by atoms with Gasteiger partial charge in [0.1, 0.15) is 0 Å². The molecule has 0 saturated carbocycles. The van der Waals surface area contributed by atoms with E-state index in [1.54, 1.807) is 0 Å². The van der Waals surface area contributed by atoms with Crippen LogP contribution in [-0.4, -0.2) is 141 Å². The second-order valence-electron chi connectivity index (χ2n) is 16.0. The lowest BCUT2D eigenvalue weighted by molar-refractivity contribution is 1.06. The van der Waals surface area contributed by atoms with Crippen LogP contribution >= 0.6 is 0 Å². The summed E-state index contributed by atoms with van der Waals surface area (Å²) in [5, 5.41) is 0. The molecule has 36 radical (unpaired) electrons. The van der Waals surface area contributed by atoms with Gasteiger partial charge in [-0.15, -0.1) is 0 Å². The van der Waals surface area contributed by atoms with Gasteiger partial charge in [-0.2, -0.15) is 0 Å². The summed E-state index contributed by atoms with van der Waals surface area (Å²) in [7, 11) is 104. The third-order valence-corrected chi connectivity index (χ3v) is 13.5. The van der Waals surface area contributed by atoms with Crippen LogP contribution < -0.4 is 0 Å². The molecule has 4 rings (SSSR count). The fourth-order valence-corrected chi connectivity index (χ4v) is 9.73. The van der Waals surface area contributed by atoms with Crippen LogP contribution in [0.5, 0.6) is 0 Å². The van der Waals surface area contributed by atoms with Gasteiger partial charge in [0.25, 0.3) is 0 Å². The summed E-state index contributed by atoms with van der Waals surface area (Å²) in [5.74, 6) is 0. The van der Waals surface area contributed by atoms with Crippen LogP contribution in [-0.2, 0) is 114 Å². The zero-order valence-corrected chi connectivity index (χ0v) is 41.1. The largest absolute Gasteiger partial charge is 0.0716 e. The first kappa shape index (κ1) is 62.1. The van der Waals surface area contributed by atoms with Crippen LogP contribution in [0.3, 0.4) is 0 Å². The van der Waals surface area contributed by atoms with E-state index in [4.69, 9.17) is 141 Å². The van der Waals surface area contributed by atoms with Crippen LogP contribution in [0.2, 0.25) is 0 Å². The molecule has 0 amide bonds. The Kier molecular flexibility index (Phi) is 29.4. The molecule has 0 aliphatic carbocycles. The van der Waals surface area contributed by atoms with E-state index in [0.717, 1.165) is 100 Å². The Balaban J connectivity index is 0.000000441. The number of benzene rings is 4. The van der Waals surface area contributed by atoms with Gasteiger partial charge in [0.2, 0.25) is 0 Å². The molecular weight excluding hydrogens is 771 g/mol. The van der Waals surface area contributed by atoms with E-state index in [1.165, 1.54) is 33.4 Å². The highest BCUT2D eigenvalue weighted by molar-refractivity contribution is 6.17. The maximum atomic E-state index is 5.82. The summed E-state index contributed by atoms with van der Waals surface area (Å²) in [5.41, 5.74) is 26.2. The third-order valence-electron chi connectivity index (χ3n) is 13.5. The third kappa shape index (κ3) is 13.7. The average Bonchev–Trinajstić information content (AvgIpc) is 3.33. The highest BCUT2D eigenvalue weighted by Gasteiger charge is 2.19. The number of rotatable bonds is 18. The van der Waals surface area contributed by atoms with Crippen molar-refractivity contribution < 1.29 is 0 Å². The van der Waals surface area contributed by atoms with E-state index in [0.29, 0.717) is 114 Å². The van der Waals surface area contributed by atoms with Crippen molar-refractivity contribution in [3.8, 4) is 0 Å². The molecule has 18 heteroatoms. The fourth-order valence-electron chi connectivity index (χ4n) is 9.73. The zero-order chi connectivity index (χ0) is 50.6. The predicted octanol–water partition coefficient (Wildman–Crippen LogP) is 2.63. The SMILES string of the molecule is [B]Cc1c(C)c(C[B])c(C)c(C[B])c1C.[B]Cc1c(C)c(C[B])c(C[B])c(C)c1C[B].[B]Cc1c(C)c(C[B])c(C[B])c(C[B])c1C[B].[B]Cc1c(C[B])c(C[B])c(C[B])c(C[B])c1C[B]. The van der Waals surface area contributed by atoms with Crippen molar-refractivity contribution >= 4 is 141 Å². The van der Waals surface area contributed by atoms with E-state index < -0.39 is 0 Å². The molecule has 0 aliphatic rings. The van der Waals surface area contributed by atoms with Crippen LogP contribution in [0, 0.1) is 41.5 Å². The molecule has 0 N–H and O–H groups in total. The molecule has 4 aromatic carbocycles.